The predicted octanol–water partition coefficient (Wildman–Crippen LogP) is 4.81. The smallest absolute Gasteiger partial charge is 0.411 e. The predicted molar refractivity (Wildman–Crippen MR) is 135 cm³/mol. The number of aromatic nitrogens is 2. The highest BCUT2D eigenvalue weighted by molar-refractivity contribution is 6.30. The number of hydrogen-bond acceptors (Lipinski definition) is 8. The molecule has 3 atom stereocenters. The van der Waals surface area contributed by atoms with Gasteiger partial charge in [-0.3, -0.25) is 4.90 Å². The molecule has 0 N–H and O–H groups in total. The van der Waals surface area contributed by atoms with Crippen molar-refractivity contribution in [3.8, 4) is 5.88 Å². The molecule has 0 radical (unpaired) electrons. The fourth-order valence-corrected chi connectivity index (χ4v) is 4.63. The highest BCUT2D eigenvalue weighted by atomic mass is 35.5. The van der Waals surface area contributed by atoms with Gasteiger partial charge in [0.05, 0.1) is 25.1 Å². The maximum absolute atomic E-state index is 15.2. The van der Waals surface area contributed by atoms with Crippen LogP contribution in [0.15, 0.2) is 0 Å². The number of hydrogen-bond donors (Lipinski definition) is 0. The van der Waals surface area contributed by atoms with Crippen molar-refractivity contribution in [1.29, 1.82) is 0 Å². The molecule has 11 heteroatoms. The van der Waals surface area contributed by atoms with Gasteiger partial charge in [0.1, 0.15) is 17.5 Å². The second-order valence-electron chi connectivity index (χ2n) is 9.63. The van der Waals surface area contributed by atoms with E-state index in [-0.39, 0.29) is 29.5 Å². The van der Waals surface area contributed by atoms with Crippen LogP contribution in [0.5, 0.6) is 5.88 Å². The van der Waals surface area contributed by atoms with Crippen LogP contribution in [0.1, 0.15) is 52.8 Å². The Labute approximate surface area is 215 Å². The maximum atomic E-state index is 15.2. The summed E-state index contributed by atoms with van der Waals surface area (Å²) < 4.78 is 31.9. The summed E-state index contributed by atoms with van der Waals surface area (Å²) in [6.45, 7) is 14.8. The van der Waals surface area contributed by atoms with E-state index in [9.17, 15) is 9.59 Å². The fraction of sp³-hybridized carbons (Fsp3) is 0.600. The van der Waals surface area contributed by atoms with Crippen LogP contribution >= 0.6 is 11.6 Å². The largest absolute Gasteiger partial charge is 0.472 e. The zero-order chi connectivity index (χ0) is 27.1. The fourth-order valence-electron chi connectivity index (χ4n) is 4.45. The molecule has 2 aliphatic rings. The molecule has 4 heterocycles. The van der Waals surface area contributed by atoms with Gasteiger partial charge in [-0.15, -0.1) is 0 Å². The SMILES string of the molecule is CC.COC(=O)C1CN2c3nc(C)c(C)c4c(F)c(Cl)nc(c34)OC(C)C2CN1C(=O)OC(C)(C)C. The first-order valence-corrected chi connectivity index (χ1v) is 12.4. The van der Waals surface area contributed by atoms with Gasteiger partial charge in [-0.1, -0.05) is 25.4 Å². The van der Waals surface area contributed by atoms with Gasteiger partial charge in [-0.05, 0) is 47.1 Å². The molecule has 2 aromatic rings. The van der Waals surface area contributed by atoms with Crippen LogP contribution in [0, 0.1) is 19.7 Å². The molecule has 1 saturated heterocycles. The van der Waals surface area contributed by atoms with Crippen LogP contribution in [-0.2, 0) is 14.3 Å². The summed E-state index contributed by atoms with van der Waals surface area (Å²) in [5.74, 6) is -0.672. The number of nitrogens with zero attached hydrogens (tertiary/aromatic N) is 4. The highest BCUT2D eigenvalue weighted by Crippen LogP contribution is 2.43. The summed E-state index contributed by atoms with van der Waals surface area (Å²) in [4.78, 5) is 37.9. The number of esters is 1. The van der Waals surface area contributed by atoms with Gasteiger partial charge in [-0.2, -0.15) is 4.98 Å². The van der Waals surface area contributed by atoms with E-state index in [1.54, 1.807) is 34.6 Å². The maximum Gasteiger partial charge on any atom is 0.411 e. The molecule has 0 spiro atoms. The topological polar surface area (TPSA) is 94.1 Å². The highest BCUT2D eigenvalue weighted by Gasteiger charge is 2.47. The summed E-state index contributed by atoms with van der Waals surface area (Å²) in [5.41, 5.74) is 0.469. The van der Waals surface area contributed by atoms with Crippen LogP contribution in [0.2, 0.25) is 5.15 Å². The third-order valence-corrected chi connectivity index (χ3v) is 6.47. The first-order valence-electron chi connectivity index (χ1n) is 12.0. The third kappa shape index (κ3) is 4.87. The van der Waals surface area contributed by atoms with E-state index in [0.29, 0.717) is 22.5 Å². The summed E-state index contributed by atoms with van der Waals surface area (Å²) in [7, 11) is 1.26. The Kier molecular flexibility index (Phi) is 7.88. The monoisotopic (exact) mass is 524 g/mol. The minimum Gasteiger partial charge on any atom is -0.472 e. The molecular weight excluding hydrogens is 491 g/mol. The van der Waals surface area contributed by atoms with Crippen molar-refractivity contribution < 1.29 is 28.2 Å². The van der Waals surface area contributed by atoms with E-state index < -0.39 is 41.7 Å². The van der Waals surface area contributed by atoms with Crippen molar-refractivity contribution in [2.24, 2.45) is 0 Å². The number of methoxy groups -OCH3 is 1. The molecular formula is C25H34ClFN4O5. The van der Waals surface area contributed by atoms with Crippen LogP contribution in [0.25, 0.3) is 10.8 Å². The Morgan fingerprint density at radius 2 is 1.78 bits per heavy atom. The van der Waals surface area contributed by atoms with Crippen LogP contribution in [-0.4, -0.2) is 70.9 Å². The molecule has 4 rings (SSSR count). The van der Waals surface area contributed by atoms with E-state index in [4.69, 9.17) is 30.8 Å². The molecule has 198 valence electrons. The van der Waals surface area contributed by atoms with Gasteiger partial charge >= 0.3 is 12.1 Å². The minimum atomic E-state index is -0.964. The number of piperazine rings is 1. The van der Waals surface area contributed by atoms with Crippen LogP contribution in [0.3, 0.4) is 0 Å². The van der Waals surface area contributed by atoms with E-state index in [2.05, 4.69) is 4.98 Å². The van der Waals surface area contributed by atoms with Crippen molar-refractivity contribution in [1.82, 2.24) is 14.9 Å². The van der Waals surface area contributed by atoms with E-state index in [1.165, 1.54) is 12.0 Å². The van der Waals surface area contributed by atoms with Gasteiger partial charge in [0.25, 0.3) is 0 Å². The normalized spacial score (nSPS) is 21.0. The number of fused-ring (bicyclic) bond motifs is 2. The molecule has 9 nitrogen and oxygen atoms in total. The minimum absolute atomic E-state index is 0.0541. The average molecular weight is 525 g/mol. The first kappa shape index (κ1) is 27.7. The van der Waals surface area contributed by atoms with Crippen molar-refractivity contribution >= 4 is 40.3 Å². The zero-order valence-electron chi connectivity index (χ0n) is 22.2. The molecule has 0 bridgehead atoms. The molecule has 2 aromatic heterocycles. The van der Waals surface area contributed by atoms with Gasteiger partial charge in [0.2, 0.25) is 5.88 Å². The molecule has 3 unspecified atom stereocenters. The summed E-state index contributed by atoms with van der Waals surface area (Å²) in [6.07, 6.45) is -1.14. The third-order valence-electron chi connectivity index (χ3n) is 6.22. The number of aryl methyl sites for hydroxylation is 2. The Morgan fingerprint density at radius 3 is 2.36 bits per heavy atom. The van der Waals surface area contributed by atoms with Gasteiger partial charge < -0.3 is 19.1 Å². The lowest BCUT2D eigenvalue weighted by Gasteiger charge is -2.46. The molecule has 0 saturated carbocycles. The average Bonchev–Trinajstić information content (AvgIpc) is 2.92. The van der Waals surface area contributed by atoms with E-state index >= 15 is 4.39 Å². The van der Waals surface area contributed by atoms with Crippen molar-refractivity contribution in [3.63, 3.8) is 0 Å². The van der Waals surface area contributed by atoms with Gasteiger partial charge in [-0.25, -0.2) is 19.0 Å². The Balaban J connectivity index is 0.00000176. The number of ether oxygens (including phenoxy) is 3. The summed E-state index contributed by atoms with van der Waals surface area (Å²) >= 11 is 6.11. The lowest BCUT2D eigenvalue weighted by molar-refractivity contribution is -0.147. The number of anilines is 1. The second-order valence-corrected chi connectivity index (χ2v) is 9.99. The van der Waals surface area contributed by atoms with Gasteiger partial charge in [0, 0.05) is 17.6 Å². The number of pyridine rings is 2. The van der Waals surface area contributed by atoms with Crippen molar-refractivity contribution in [2.75, 3.05) is 25.1 Å². The standard InChI is InChI=1S/C23H28ClFN4O5.C2H6/c1-10-11(2)26-19-16-15(10)17(25)18(24)27-20(16)33-12(3)13-8-29(22(31)34-23(4,5)6)14(9-28(13)19)21(30)32-7;1-2/h12-14H,8-9H2,1-7H3;1-2H3. The second kappa shape index (κ2) is 10.2. The molecule has 1 amide bonds. The lowest BCUT2D eigenvalue weighted by atomic mass is 10.0. The molecule has 2 aliphatic heterocycles. The number of halogens is 2. The van der Waals surface area contributed by atoms with Crippen molar-refractivity contribution in [3.05, 3.63) is 22.2 Å². The van der Waals surface area contributed by atoms with Crippen molar-refractivity contribution in [2.45, 2.75) is 79.2 Å². The number of amides is 1. The molecule has 0 aliphatic carbocycles. The van der Waals surface area contributed by atoms with Crippen LogP contribution < -0.4 is 9.64 Å². The summed E-state index contributed by atoms with van der Waals surface area (Å²) in [6, 6.07) is -1.39. The van der Waals surface area contributed by atoms with Gasteiger partial charge in [0.15, 0.2) is 17.0 Å². The number of rotatable bonds is 1. The zero-order valence-corrected chi connectivity index (χ0v) is 23.0. The quantitative estimate of drug-likeness (QED) is 0.387. The van der Waals surface area contributed by atoms with E-state index in [0.717, 1.165) is 0 Å². The number of carbonyl (C=O) groups excluding carboxylic acids is 2. The van der Waals surface area contributed by atoms with Crippen LogP contribution in [0.4, 0.5) is 15.0 Å². The molecule has 36 heavy (non-hydrogen) atoms. The Bertz CT molecular complexity index is 1180. The number of carbonyl (C=O) groups is 2. The molecule has 0 aromatic carbocycles. The lowest BCUT2D eigenvalue weighted by Crippen LogP contribution is -2.66. The Morgan fingerprint density at radius 1 is 1.14 bits per heavy atom. The Hall–Kier alpha value is -2.88. The first-order chi connectivity index (χ1) is 16.8. The van der Waals surface area contributed by atoms with E-state index in [1.807, 2.05) is 25.7 Å². The molecule has 1 fully saturated rings. The summed E-state index contributed by atoms with van der Waals surface area (Å²) in [5, 5.41) is 0.361.